The van der Waals surface area contributed by atoms with Crippen LogP contribution in [0.2, 0.25) is 0 Å². The zero-order chi connectivity index (χ0) is 15.7. The number of thioether (sulfide) groups is 1. The second-order valence-corrected chi connectivity index (χ2v) is 6.84. The van der Waals surface area contributed by atoms with Crippen LogP contribution in [0.3, 0.4) is 0 Å². The molecule has 2 rings (SSSR count). The lowest BCUT2D eigenvalue weighted by atomic mass is 9.54. The summed E-state index contributed by atoms with van der Waals surface area (Å²) in [6.07, 6.45) is 2.58. The second kappa shape index (κ2) is 5.99. The molecule has 2 unspecified atom stereocenters. The van der Waals surface area contributed by atoms with Crippen molar-refractivity contribution in [3.05, 3.63) is 24.3 Å². The van der Waals surface area contributed by atoms with Gasteiger partial charge in [0.1, 0.15) is 5.54 Å². The van der Waals surface area contributed by atoms with Crippen molar-refractivity contribution < 1.29 is 9.53 Å². The topological polar surface area (TPSA) is 64.3 Å². The van der Waals surface area contributed by atoms with E-state index in [1.165, 1.54) is 0 Å². The van der Waals surface area contributed by atoms with Crippen molar-refractivity contribution in [3.8, 4) is 0 Å². The molecule has 0 bridgehead atoms. The number of hydrogen-bond acceptors (Lipinski definition) is 4. The number of amides is 1. The van der Waals surface area contributed by atoms with E-state index >= 15 is 0 Å². The van der Waals surface area contributed by atoms with Crippen molar-refractivity contribution in [3.63, 3.8) is 0 Å². The zero-order valence-corrected chi connectivity index (χ0v) is 13.9. The Morgan fingerprint density at radius 2 is 2.14 bits per heavy atom. The SMILES string of the molecule is CCOC1CC(N)(C(=O)Nc2ccccc2SC)C1(C)C. The van der Waals surface area contributed by atoms with E-state index in [2.05, 4.69) is 5.32 Å². The normalized spacial score (nSPS) is 27.0. The summed E-state index contributed by atoms with van der Waals surface area (Å²) in [6.45, 7) is 6.59. The van der Waals surface area contributed by atoms with Gasteiger partial charge in [0.05, 0.1) is 11.8 Å². The Balaban J connectivity index is 2.14. The van der Waals surface area contributed by atoms with Crippen molar-refractivity contribution in [1.29, 1.82) is 0 Å². The maximum absolute atomic E-state index is 12.6. The van der Waals surface area contributed by atoms with Gasteiger partial charge in [0.15, 0.2) is 0 Å². The van der Waals surface area contributed by atoms with Crippen molar-refractivity contribution >= 4 is 23.4 Å². The summed E-state index contributed by atoms with van der Waals surface area (Å²) in [6, 6.07) is 7.75. The molecule has 2 atom stereocenters. The first-order chi connectivity index (χ1) is 9.86. The molecule has 0 aromatic heterocycles. The molecule has 1 aliphatic carbocycles. The van der Waals surface area contributed by atoms with Crippen LogP contribution in [0.5, 0.6) is 0 Å². The Morgan fingerprint density at radius 3 is 2.71 bits per heavy atom. The van der Waals surface area contributed by atoms with Gasteiger partial charge in [-0.3, -0.25) is 4.79 Å². The minimum atomic E-state index is -0.891. The zero-order valence-electron chi connectivity index (χ0n) is 13.1. The molecule has 0 saturated heterocycles. The van der Waals surface area contributed by atoms with Crippen LogP contribution in [0.25, 0.3) is 0 Å². The van der Waals surface area contributed by atoms with Crippen LogP contribution in [0.15, 0.2) is 29.2 Å². The highest BCUT2D eigenvalue weighted by Gasteiger charge is 2.62. The average molecular weight is 308 g/mol. The smallest absolute Gasteiger partial charge is 0.245 e. The molecule has 0 aliphatic heterocycles. The molecule has 5 heteroatoms. The Morgan fingerprint density at radius 1 is 1.48 bits per heavy atom. The van der Waals surface area contributed by atoms with Gasteiger partial charge < -0.3 is 15.8 Å². The Bertz CT molecular complexity index is 533. The summed E-state index contributed by atoms with van der Waals surface area (Å²) < 4.78 is 5.67. The molecule has 1 fully saturated rings. The number of carbonyl (C=O) groups is 1. The third kappa shape index (κ3) is 2.70. The average Bonchev–Trinajstić information content (AvgIpc) is 2.47. The van der Waals surface area contributed by atoms with Gasteiger partial charge in [-0.15, -0.1) is 11.8 Å². The Kier molecular flexibility index (Phi) is 4.66. The highest BCUT2D eigenvalue weighted by Crippen LogP contribution is 2.50. The minimum absolute atomic E-state index is 0.0362. The second-order valence-electron chi connectivity index (χ2n) is 6.00. The van der Waals surface area contributed by atoms with Crippen molar-refractivity contribution in [2.24, 2.45) is 11.1 Å². The fraction of sp³-hybridized carbons (Fsp3) is 0.562. The molecule has 21 heavy (non-hydrogen) atoms. The van der Waals surface area contributed by atoms with E-state index in [-0.39, 0.29) is 17.4 Å². The highest BCUT2D eigenvalue weighted by atomic mass is 32.2. The van der Waals surface area contributed by atoms with E-state index in [4.69, 9.17) is 10.5 Å². The predicted octanol–water partition coefficient (Wildman–Crippen LogP) is 2.88. The minimum Gasteiger partial charge on any atom is -0.378 e. The van der Waals surface area contributed by atoms with E-state index < -0.39 is 5.54 Å². The molecule has 0 spiro atoms. The molecule has 0 heterocycles. The number of rotatable bonds is 5. The van der Waals surface area contributed by atoms with E-state index in [0.29, 0.717) is 13.0 Å². The summed E-state index contributed by atoms with van der Waals surface area (Å²) in [4.78, 5) is 13.7. The fourth-order valence-electron chi connectivity index (χ4n) is 2.80. The number of anilines is 1. The van der Waals surface area contributed by atoms with Gasteiger partial charge in [0.25, 0.3) is 0 Å². The Hall–Kier alpha value is -1.04. The van der Waals surface area contributed by atoms with Gasteiger partial charge in [-0.2, -0.15) is 0 Å². The van der Waals surface area contributed by atoms with Crippen LogP contribution < -0.4 is 11.1 Å². The predicted molar refractivity (Wildman–Crippen MR) is 87.6 cm³/mol. The lowest BCUT2D eigenvalue weighted by Gasteiger charge is -2.57. The first kappa shape index (κ1) is 16.3. The molecule has 1 amide bonds. The summed E-state index contributed by atoms with van der Waals surface area (Å²) in [7, 11) is 0. The number of para-hydroxylation sites is 1. The number of ether oxygens (including phenoxy) is 1. The lowest BCUT2D eigenvalue weighted by molar-refractivity contribution is -0.166. The molecular weight excluding hydrogens is 284 g/mol. The molecule has 1 aromatic rings. The molecule has 3 N–H and O–H groups in total. The standard InChI is InChI=1S/C16H24N2O2S/c1-5-20-13-10-16(17,15(13,2)3)14(19)18-11-8-6-7-9-12(11)21-4/h6-9,13H,5,10,17H2,1-4H3,(H,18,19). The lowest BCUT2D eigenvalue weighted by Crippen LogP contribution is -2.74. The van der Waals surface area contributed by atoms with E-state index in [0.717, 1.165) is 10.6 Å². The number of benzene rings is 1. The maximum atomic E-state index is 12.6. The largest absolute Gasteiger partial charge is 0.378 e. The van der Waals surface area contributed by atoms with Crippen molar-refractivity contribution in [2.45, 2.75) is 43.7 Å². The van der Waals surface area contributed by atoms with Crippen LogP contribution in [-0.4, -0.2) is 30.4 Å². The van der Waals surface area contributed by atoms with Gasteiger partial charge in [0.2, 0.25) is 5.91 Å². The maximum Gasteiger partial charge on any atom is 0.245 e. The Labute approximate surface area is 130 Å². The molecule has 1 aromatic carbocycles. The number of nitrogens with two attached hydrogens (primary N) is 1. The molecule has 4 nitrogen and oxygen atoms in total. The molecular formula is C16H24N2O2S. The summed E-state index contributed by atoms with van der Waals surface area (Å²) in [5, 5.41) is 2.98. The quantitative estimate of drug-likeness (QED) is 0.821. The summed E-state index contributed by atoms with van der Waals surface area (Å²) in [5.41, 5.74) is 5.94. The third-order valence-corrected chi connectivity index (χ3v) is 5.39. The summed E-state index contributed by atoms with van der Waals surface area (Å²) in [5.74, 6) is -0.134. The van der Waals surface area contributed by atoms with Crippen LogP contribution in [0.4, 0.5) is 5.69 Å². The number of hydrogen-bond donors (Lipinski definition) is 2. The first-order valence-electron chi connectivity index (χ1n) is 7.21. The van der Waals surface area contributed by atoms with Crippen LogP contribution in [-0.2, 0) is 9.53 Å². The van der Waals surface area contributed by atoms with Crippen molar-refractivity contribution in [1.82, 2.24) is 0 Å². The third-order valence-electron chi connectivity index (χ3n) is 4.59. The number of nitrogens with one attached hydrogen (secondary N) is 1. The van der Waals surface area contributed by atoms with Gasteiger partial charge >= 0.3 is 0 Å². The fourth-order valence-corrected chi connectivity index (χ4v) is 3.36. The van der Waals surface area contributed by atoms with Gasteiger partial charge in [-0.05, 0) is 25.3 Å². The molecule has 1 saturated carbocycles. The van der Waals surface area contributed by atoms with Crippen LogP contribution in [0, 0.1) is 5.41 Å². The molecule has 1 aliphatic rings. The van der Waals surface area contributed by atoms with Crippen LogP contribution in [0.1, 0.15) is 27.2 Å². The summed E-state index contributed by atoms with van der Waals surface area (Å²) >= 11 is 1.60. The van der Waals surface area contributed by atoms with E-state index in [9.17, 15) is 4.79 Å². The molecule has 0 radical (unpaired) electrons. The molecule has 116 valence electrons. The monoisotopic (exact) mass is 308 g/mol. The van der Waals surface area contributed by atoms with E-state index in [1.807, 2.05) is 51.3 Å². The van der Waals surface area contributed by atoms with Crippen LogP contribution >= 0.6 is 11.8 Å². The number of carbonyl (C=O) groups excluding carboxylic acids is 1. The first-order valence-corrected chi connectivity index (χ1v) is 8.44. The van der Waals surface area contributed by atoms with E-state index in [1.54, 1.807) is 11.8 Å². The highest BCUT2D eigenvalue weighted by molar-refractivity contribution is 7.98. The van der Waals surface area contributed by atoms with Gasteiger partial charge in [-0.25, -0.2) is 0 Å². The van der Waals surface area contributed by atoms with Gasteiger partial charge in [-0.1, -0.05) is 26.0 Å². The van der Waals surface area contributed by atoms with Gasteiger partial charge in [0, 0.05) is 23.3 Å². The van der Waals surface area contributed by atoms with Crippen molar-refractivity contribution in [2.75, 3.05) is 18.2 Å².